The molecule has 2 fully saturated rings. The summed E-state index contributed by atoms with van der Waals surface area (Å²) in [7, 11) is 0. The van der Waals surface area contributed by atoms with Gasteiger partial charge in [-0.15, -0.1) is 0 Å². The van der Waals surface area contributed by atoms with E-state index in [1.54, 1.807) is 20.8 Å². The molecule has 1 aromatic heterocycles. The molecule has 0 spiro atoms. The molecule has 2 aliphatic heterocycles. The average Bonchev–Trinajstić information content (AvgIpc) is 2.44. The van der Waals surface area contributed by atoms with Crippen LogP contribution in [0.25, 0.3) is 0 Å². The summed E-state index contributed by atoms with van der Waals surface area (Å²) in [6.45, 7) is 5.58. The quantitative estimate of drug-likeness (QED) is 0.711. The van der Waals surface area contributed by atoms with Crippen molar-refractivity contribution in [1.82, 2.24) is 9.55 Å². The van der Waals surface area contributed by atoms with E-state index in [1.165, 1.54) is 10.8 Å². The van der Waals surface area contributed by atoms with Gasteiger partial charge in [-0.2, -0.15) is 0 Å². The van der Waals surface area contributed by atoms with Crippen molar-refractivity contribution in [3.8, 4) is 0 Å². The van der Waals surface area contributed by atoms with Crippen LogP contribution in [0.15, 0.2) is 15.8 Å². The summed E-state index contributed by atoms with van der Waals surface area (Å²) < 4.78 is 18.2. The molecule has 122 valence electrons. The van der Waals surface area contributed by atoms with Crippen LogP contribution in [0.2, 0.25) is 0 Å². The van der Waals surface area contributed by atoms with E-state index in [0.717, 1.165) is 0 Å². The summed E-state index contributed by atoms with van der Waals surface area (Å²) in [5.41, 5.74) is -0.621. The van der Waals surface area contributed by atoms with Crippen molar-refractivity contribution in [2.75, 3.05) is 13.2 Å². The zero-order valence-corrected chi connectivity index (χ0v) is 12.7. The first-order chi connectivity index (χ1) is 10.3. The Hall–Kier alpha value is -1.48. The maximum absolute atomic E-state index is 12.0. The van der Waals surface area contributed by atoms with Gasteiger partial charge in [-0.1, -0.05) is 0 Å². The fraction of sp³-hybridized carbons (Fsp3) is 0.714. The van der Waals surface area contributed by atoms with E-state index in [-0.39, 0.29) is 12.7 Å². The third kappa shape index (κ3) is 2.63. The Balaban J connectivity index is 1.92. The first kappa shape index (κ1) is 15.4. The molecule has 0 radical (unpaired) electrons. The van der Waals surface area contributed by atoms with Crippen molar-refractivity contribution in [3.05, 3.63) is 32.6 Å². The Morgan fingerprint density at radius 3 is 2.82 bits per heavy atom. The molecule has 2 N–H and O–H groups in total. The third-order valence-corrected chi connectivity index (χ3v) is 4.10. The van der Waals surface area contributed by atoms with E-state index in [9.17, 15) is 14.7 Å². The summed E-state index contributed by atoms with van der Waals surface area (Å²) in [6, 6.07) is -0.627. The van der Waals surface area contributed by atoms with Crippen LogP contribution in [0.4, 0.5) is 0 Å². The van der Waals surface area contributed by atoms with E-state index >= 15 is 0 Å². The molecule has 0 amide bonds. The normalized spacial score (nSPS) is 34.2. The number of aliphatic hydroxyl groups is 1. The highest BCUT2D eigenvalue weighted by Crippen LogP contribution is 2.33. The molecular formula is C14H20N2O6. The number of fused-ring (bicyclic) bond motifs is 1. The van der Waals surface area contributed by atoms with Gasteiger partial charge < -0.3 is 19.3 Å². The lowest BCUT2D eigenvalue weighted by molar-refractivity contribution is -0.341. The minimum Gasteiger partial charge on any atom is -0.388 e. The van der Waals surface area contributed by atoms with Gasteiger partial charge in [0, 0.05) is 11.8 Å². The molecule has 22 heavy (non-hydrogen) atoms. The van der Waals surface area contributed by atoms with Crippen molar-refractivity contribution in [2.24, 2.45) is 0 Å². The number of aryl methyl sites for hydroxylation is 1. The predicted molar refractivity (Wildman–Crippen MR) is 75.7 cm³/mol. The molecule has 1 aromatic rings. The van der Waals surface area contributed by atoms with Gasteiger partial charge in [0.1, 0.15) is 18.3 Å². The minimum atomic E-state index is -0.940. The van der Waals surface area contributed by atoms with E-state index in [1.807, 2.05) is 0 Å². The first-order valence-electron chi connectivity index (χ1n) is 7.22. The van der Waals surface area contributed by atoms with Crippen molar-refractivity contribution >= 4 is 0 Å². The minimum absolute atomic E-state index is 0.140. The smallest absolute Gasteiger partial charge is 0.328 e. The molecule has 3 heterocycles. The number of aliphatic hydroxyl groups excluding tert-OH is 1. The largest absolute Gasteiger partial charge is 0.388 e. The topological polar surface area (TPSA) is 103 Å². The number of hydrogen-bond donors (Lipinski definition) is 2. The molecule has 8 nitrogen and oxygen atoms in total. The van der Waals surface area contributed by atoms with Gasteiger partial charge in [0.25, 0.3) is 5.56 Å². The predicted octanol–water partition coefficient (Wildman–Crippen LogP) is -0.703. The van der Waals surface area contributed by atoms with E-state index in [4.69, 9.17) is 14.2 Å². The molecule has 0 aliphatic carbocycles. The Labute approximate surface area is 126 Å². The maximum Gasteiger partial charge on any atom is 0.328 e. The Morgan fingerprint density at radius 2 is 2.09 bits per heavy atom. The molecule has 2 aliphatic rings. The molecule has 0 aromatic carbocycles. The molecule has 8 heteroatoms. The third-order valence-electron chi connectivity index (χ3n) is 4.10. The van der Waals surface area contributed by atoms with Gasteiger partial charge in [-0.25, -0.2) is 4.79 Å². The fourth-order valence-corrected chi connectivity index (χ4v) is 2.86. The first-order valence-corrected chi connectivity index (χ1v) is 7.22. The zero-order valence-electron chi connectivity index (χ0n) is 12.7. The molecule has 2 saturated heterocycles. The van der Waals surface area contributed by atoms with Gasteiger partial charge >= 0.3 is 5.69 Å². The summed E-state index contributed by atoms with van der Waals surface area (Å²) in [4.78, 5) is 25.7. The Kier molecular flexibility index (Phi) is 3.72. The Morgan fingerprint density at radius 1 is 1.36 bits per heavy atom. The van der Waals surface area contributed by atoms with Gasteiger partial charge in [0.05, 0.1) is 19.3 Å². The van der Waals surface area contributed by atoms with Crippen molar-refractivity contribution in [2.45, 2.75) is 50.9 Å². The highest BCUT2D eigenvalue weighted by molar-refractivity contribution is 5.04. The summed E-state index contributed by atoms with van der Waals surface area (Å²) in [5, 5.41) is 10.6. The van der Waals surface area contributed by atoms with Gasteiger partial charge in [-0.05, 0) is 20.8 Å². The lowest BCUT2D eigenvalue weighted by Gasteiger charge is -2.47. The number of hydrogen-bond acceptors (Lipinski definition) is 6. The van der Waals surface area contributed by atoms with Crippen LogP contribution in [-0.2, 0) is 14.2 Å². The van der Waals surface area contributed by atoms with Crippen LogP contribution in [0.1, 0.15) is 25.5 Å². The van der Waals surface area contributed by atoms with Crippen molar-refractivity contribution in [1.29, 1.82) is 0 Å². The van der Waals surface area contributed by atoms with Crippen molar-refractivity contribution < 1.29 is 19.3 Å². The fourth-order valence-electron chi connectivity index (χ4n) is 2.86. The maximum atomic E-state index is 12.0. The number of nitrogens with one attached hydrogen (secondary N) is 1. The lowest BCUT2D eigenvalue weighted by atomic mass is 9.96. The molecule has 3 rings (SSSR count). The monoisotopic (exact) mass is 312 g/mol. The summed E-state index contributed by atoms with van der Waals surface area (Å²) >= 11 is 0. The molecular weight excluding hydrogens is 292 g/mol. The number of aromatic nitrogens is 2. The van der Waals surface area contributed by atoms with E-state index in [2.05, 4.69) is 4.98 Å². The lowest BCUT2D eigenvalue weighted by Crippen LogP contribution is -2.61. The van der Waals surface area contributed by atoms with Gasteiger partial charge in [0.15, 0.2) is 5.79 Å². The van der Waals surface area contributed by atoms with Crippen LogP contribution in [0, 0.1) is 6.92 Å². The van der Waals surface area contributed by atoms with Crippen molar-refractivity contribution in [3.63, 3.8) is 0 Å². The van der Waals surface area contributed by atoms with Crippen LogP contribution in [-0.4, -0.2) is 52.0 Å². The zero-order chi connectivity index (χ0) is 16.1. The standard InChI is InChI=1S/C14H20N2O6/c1-7-4-16(13(19)15-12(7)18)8-5-20-9-6-21-14(2,3)22-11(9)10(8)17/h4,8-11,17H,5-6H2,1-3H3,(H,15,18,19)/t8-,9-,10+,11-/m0/s1. The average molecular weight is 312 g/mol. The number of nitrogens with zero attached hydrogens (tertiary/aromatic N) is 1. The number of aromatic amines is 1. The number of rotatable bonds is 1. The summed E-state index contributed by atoms with van der Waals surface area (Å²) in [5.74, 6) is -0.820. The van der Waals surface area contributed by atoms with Gasteiger partial charge in [-0.3, -0.25) is 14.3 Å². The van der Waals surface area contributed by atoms with E-state index in [0.29, 0.717) is 12.2 Å². The second-order valence-electron chi connectivity index (χ2n) is 6.20. The second kappa shape index (κ2) is 5.31. The second-order valence-corrected chi connectivity index (χ2v) is 6.20. The molecule has 0 saturated carbocycles. The van der Waals surface area contributed by atoms with Crippen LogP contribution in [0.5, 0.6) is 0 Å². The van der Waals surface area contributed by atoms with Crippen LogP contribution in [0.3, 0.4) is 0 Å². The highest BCUT2D eigenvalue weighted by atomic mass is 16.7. The van der Waals surface area contributed by atoms with Gasteiger partial charge in [0.2, 0.25) is 0 Å². The van der Waals surface area contributed by atoms with E-state index < -0.39 is 35.3 Å². The van der Waals surface area contributed by atoms with Crippen LogP contribution >= 0.6 is 0 Å². The Bertz CT molecular complexity index is 679. The summed E-state index contributed by atoms with van der Waals surface area (Å²) in [6.07, 6.45) is -0.478. The number of H-pyrrole nitrogens is 1. The molecule has 0 unspecified atom stereocenters. The molecule has 0 bridgehead atoms. The highest BCUT2D eigenvalue weighted by Gasteiger charge is 2.47. The molecule has 4 atom stereocenters. The van der Waals surface area contributed by atoms with Crippen LogP contribution < -0.4 is 11.2 Å². The SMILES string of the molecule is Cc1cn([C@H]2CO[C@H]3COC(C)(C)O[C@@H]3[C@@H]2O)c(=O)[nH]c1=O. The number of ether oxygens (including phenoxy) is 3.